The summed E-state index contributed by atoms with van der Waals surface area (Å²) >= 11 is 5.72. The second-order valence-electron chi connectivity index (χ2n) is 4.72. The fourth-order valence-electron chi connectivity index (χ4n) is 2.39. The Bertz CT molecular complexity index is 567. The molecule has 0 bridgehead atoms. The third-order valence-electron chi connectivity index (χ3n) is 3.35. The molecule has 0 spiro atoms. The third kappa shape index (κ3) is 3.41. The van der Waals surface area contributed by atoms with Crippen molar-refractivity contribution in [2.75, 3.05) is 6.54 Å². The molecule has 1 aromatic heterocycles. The summed E-state index contributed by atoms with van der Waals surface area (Å²) < 4.78 is 19.0. The normalized spacial score (nSPS) is 12.6. The van der Waals surface area contributed by atoms with Gasteiger partial charge in [-0.1, -0.05) is 31.5 Å². The average Bonchev–Trinajstić information content (AvgIpc) is 2.90. The van der Waals surface area contributed by atoms with Gasteiger partial charge in [0.1, 0.15) is 11.6 Å². The molecular weight excluding hydrogens is 277 g/mol. The number of nitrogens with one attached hydrogen (secondary N) is 1. The molecule has 0 aliphatic carbocycles. The summed E-state index contributed by atoms with van der Waals surface area (Å²) in [6.07, 6.45) is 3.26. The highest BCUT2D eigenvalue weighted by molar-refractivity contribution is 6.30. The van der Waals surface area contributed by atoms with Crippen LogP contribution in [0.3, 0.4) is 0 Å². The van der Waals surface area contributed by atoms with Crippen LogP contribution in [0.1, 0.15) is 36.8 Å². The highest BCUT2D eigenvalue weighted by atomic mass is 35.5. The van der Waals surface area contributed by atoms with Gasteiger partial charge < -0.3 is 9.73 Å². The van der Waals surface area contributed by atoms with Crippen molar-refractivity contribution >= 4 is 11.6 Å². The Balaban J connectivity index is 2.23. The number of likely N-dealkylation sites (N-methyl/N-ethyl adjacent to an activating group) is 1. The molecule has 0 aliphatic rings. The molecule has 4 heteroatoms. The van der Waals surface area contributed by atoms with Crippen molar-refractivity contribution < 1.29 is 8.81 Å². The predicted molar refractivity (Wildman–Crippen MR) is 79.6 cm³/mol. The molecule has 0 amide bonds. The summed E-state index contributed by atoms with van der Waals surface area (Å²) in [6.45, 7) is 4.96. The van der Waals surface area contributed by atoms with Crippen LogP contribution in [0.15, 0.2) is 34.9 Å². The van der Waals surface area contributed by atoms with Crippen LogP contribution in [0.25, 0.3) is 0 Å². The smallest absolute Gasteiger partial charge is 0.142 e. The first-order chi connectivity index (χ1) is 9.65. The Hall–Kier alpha value is -1.32. The minimum atomic E-state index is -0.373. The van der Waals surface area contributed by atoms with Crippen molar-refractivity contribution in [3.8, 4) is 0 Å². The number of benzene rings is 1. The number of furan rings is 1. The molecule has 1 heterocycles. The number of hydrogen-bond donors (Lipinski definition) is 1. The van der Waals surface area contributed by atoms with Gasteiger partial charge in [0.2, 0.25) is 0 Å². The van der Waals surface area contributed by atoms with Gasteiger partial charge in [-0.25, -0.2) is 4.39 Å². The highest BCUT2D eigenvalue weighted by Gasteiger charge is 2.17. The SMILES string of the molecule is CCNC(Cc1ccc(Cl)c(F)c1)c1ccoc1CC. The van der Waals surface area contributed by atoms with Crippen molar-refractivity contribution in [1.29, 1.82) is 0 Å². The summed E-state index contributed by atoms with van der Waals surface area (Å²) in [4.78, 5) is 0. The molecule has 1 aromatic carbocycles. The largest absolute Gasteiger partial charge is 0.469 e. The number of rotatable bonds is 6. The van der Waals surface area contributed by atoms with Gasteiger partial charge in [0.05, 0.1) is 11.3 Å². The van der Waals surface area contributed by atoms with E-state index in [1.807, 2.05) is 12.1 Å². The molecule has 1 unspecified atom stereocenters. The maximum absolute atomic E-state index is 13.5. The summed E-state index contributed by atoms with van der Waals surface area (Å²) in [5.41, 5.74) is 2.06. The van der Waals surface area contributed by atoms with E-state index in [9.17, 15) is 4.39 Å². The Morgan fingerprint density at radius 1 is 1.30 bits per heavy atom. The first-order valence-electron chi connectivity index (χ1n) is 6.89. The molecule has 108 valence electrons. The van der Waals surface area contributed by atoms with Gasteiger partial charge in [-0.2, -0.15) is 0 Å². The Kier molecular flexibility index (Phi) is 5.21. The van der Waals surface area contributed by atoms with E-state index in [0.29, 0.717) is 6.42 Å². The van der Waals surface area contributed by atoms with Crippen molar-refractivity contribution in [3.63, 3.8) is 0 Å². The van der Waals surface area contributed by atoms with Crippen LogP contribution in [0, 0.1) is 5.82 Å². The molecule has 2 rings (SSSR count). The Labute approximate surface area is 123 Å². The van der Waals surface area contributed by atoms with Crippen molar-refractivity contribution in [2.45, 2.75) is 32.7 Å². The summed E-state index contributed by atoms with van der Waals surface area (Å²) in [7, 11) is 0. The highest BCUT2D eigenvalue weighted by Crippen LogP contribution is 2.25. The van der Waals surface area contributed by atoms with Crippen LogP contribution in [-0.2, 0) is 12.8 Å². The summed E-state index contributed by atoms with van der Waals surface area (Å²) in [5, 5.41) is 3.59. The summed E-state index contributed by atoms with van der Waals surface area (Å²) in [6, 6.07) is 7.07. The van der Waals surface area contributed by atoms with Gasteiger partial charge in [0, 0.05) is 18.0 Å². The standard InChI is InChI=1S/C16H19ClFNO/c1-3-16-12(7-8-20-16)15(19-4-2)10-11-5-6-13(17)14(18)9-11/h5-9,15,19H,3-4,10H2,1-2H3. The van der Waals surface area contributed by atoms with Crippen LogP contribution in [-0.4, -0.2) is 6.54 Å². The lowest BCUT2D eigenvalue weighted by molar-refractivity contribution is 0.487. The van der Waals surface area contributed by atoms with Crippen molar-refractivity contribution in [3.05, 3.63) is 58.3 Å². The third-order valence-corrected chi connectivity index (χ3v) is 3.66. The zero-order valence-electron chi connectivity index (χ0n) is 11.7. The van der Waals surface area contributed by atoms with Gasteiger partial charge in [0.25, 0.3) is 0 Å². The molecule has 0 radical (unpaired) electrons. The lowest BCUT2D eigenvalue weighted by Crippen LogP contribution is -2.23. The zero-order valence-corrected chi connectivity index (χ0v) is 12.5. The minimum Gasteiger partial charge on any atom is -0.469 e. The monoisotopic (exact) mass is 295 g/mol. The lowest BCUT2D eigenvalue weighted by atomic mass is 9.98. The van der Waals surface area contributed by atoms with Gasteiger partial charge in [-0.15, -0.1) is 0 Å². The van der Waals surface area contributed by atoms with E-state index in [1.165, 1.54) is 6.07 Å². The van der Waals surface area contributed by atoms with E-state index in [2.05, 4.69) is 19.2 Å². The summed E-state index contributed by atoms with van der Waals surface area (Å²) in [5.74, 6) is 0.604. The van der Waals surface area contributed by atoms with Gasteiger partial charge in [-0.3, -0.25) is 0 Å². The number of halogens is 2. The van der Waals surface area contributed by atoms with E-state index in [1.54, 1.807) is 12.3 Å². The average molecular weight is 296 g/mol. The molecular formula is C16H19ClFNO. The second kappa shape index (κ2) is 6.91. The molecule has 0 fully saturated rings. The molecule has 1 N–H and O–H groups in total. The van der Waals surface area contributed by atoms with Crippen LogP contribution in [0.2, 0.25) is 5.02 Å². The molecule has 0 saturated carbocycles. The molecule has 20 heavy (non-hydrogen) atoms. The van der Waals surface area contributed by atoms with E-state index in [4.69, 9.17) is 16.0 Å². The van der Waals surface area contributed by atoms with E-state index in [0.717, 1.165) is 29.9 Å². The second-order valence-corrected chi connectivity index (χ2v) is 5.12. The number of aryl methyl sites for hydroxylation is 1. The van der Waals surface area contributed by atoms with Crippen LogP contribution in [0.4, 0.5) is 4.39 Å². The zero-order chi connectivity index (χ0) is 14.5. The number of hydrogen-bond acceptors (Lipinski definition) is 2. The minimum absolute atomic E-state index is 0.120. The van der Waals surface area contributed by atoms with Crippen LogP contribution in [0.5, 0.6) is 0 Å². The van der Waals surface area contributed by atoms with Crippen molar-refractivity contribution in [1.82, 2.24) is 5.32 Å². The molecule has 2 aromatic rings. The van der Waals surface area contributed by atoms with E-state index in [-0.39, 0.29) is 16.9 Å². The first kappa shape index (κ1) is 15.1. The van der Waals surface area contributed by atoms with Crippen LogP contribution >= 0.6 is 11.6 Å². The maximum Gasteiger partial charge on any atom is 0.142 e. The fourth-order valence-corrected chi connectivity index (χ4v) is 2.51. The van der Waals surface area contributed by atoms with Gasteiger partial charge >= 0.3 is 0 Å². The molecule has 1 atom stereocenters. The molecule has 0 saturated heterocycles. The molecule has 0 aliphatic heterocycles. The maximum atomic E-state index is 13.5. The van der Waals surface area contributed by atoms with E-state index < -0.39 is 0 Å². The van der Waals surface area contributed by atoms with Crippen LogP contribution < -0.4 is 5.32 Å². The predicted octanol–water partition coefficient (Wildman–Crippen LogP) is 4.53. The Morgan fingerprint density at radius 3 is 2.75 bits per heavy atom. The van der Waals surface area contributed by atoms with Gasteiger partial charge in [0.15, 0.2) is 0 Å². The van der Waals surface area contributed by atoms with E-state index >= 15 is 0 Å². The lowest BCUT2D eigenvalue weighted by Gasteiger charge is -2.18. The fraction of sp³-hybridized carbons (Fsp3) is 0.375. The molecule has 2 nitrogen and oxygen atoms in total. The quantitative estimate of drug-likeness (QED) is 0.847. The van der Waals surface area contributed by atoms with Gasteiger partial charge in [-0.05, 0) is 36.7 Å². The topological polar surface area (TPSA) is 25.2 Å². The first-order valence-corrected chi connectivity index (χ1v) is 7.27. The van der Waals surface area contributed by atoms with Crippen molar-refractivity contribution in [2.24, 2.45) is 0 Å². The Morgan fingerprint density at radius 2 is 2.10 bits per heavy atom.